The van der Waals surface area contributed by atoms with Crippen LogP contribution in [0.4, 0.5) is 16.2 Å². The zero-order valence-electron chi connectivity index (χ0n) is 15.1. The van der Waals surface area contributed by atoms with Crippen LogP contribution in [0.3, 0.4) is 0 Å². The summed E-state index contributed by atoms with van der Waals surface area (Å²) in [4.78, 5) is 20.5. The standard InChI is InChI=1S/C19H22ClN5O.ClH/c1-14-2-8-17(9-3-14)24-10-12-25(13-11-24)19(26)23-18(21)22-16-6-4-15(20)5-7-16;/h2-9H,10-13H2,1H3,(H3,21,22,23,26);1H. The minimum atomic E-state index is -0.233. The second kappa shape index (κ2) is 9.48. The summed E-state index contributed by atoms with van der Waals surface area (Å²) in [5, 5.41) is 3.26. The Bertz CT molecular complexity index is 785. The molecular formula is C19H23Cl2N5O. The first-order valence-corrected chi connectivity index (χ1v) is 8.86. The van der Waals surface area contributed by atoms with Crippen molar-refractivity contribution in [2.75, 3.05) is 31.1 Å². The molecule has 27 heavy (non-hydrogen) atoms. The van der Waals surface area contributed by atoms with Gasteiger partial charge in [-0.05, 0) is 43.3 Å². The van der Waals surface area contributed by atoms with Crippen LogP contribution in [0.5, 0.6) is 0 Å². The van der Waals surface area contributed by atoms with Crippen molar-refractivity contribution in [1.29, 1.82) is 0 Å². The number of halogens is 2. The van der Waals surface area contributed by atoms with Crippen molar-refractivity contribution in [2.45, 2.75) is 6.92 Å². The van der Waals surface area contributed by atoms with Crippen molar-refractivity contribution < 1.29 is 4.79 Å². The molecule has 1 saturated heterocycles. The first-order chi connectivity index (χ1) is 12.5. The number of hydrogen-bond acceptors (Lipinski definition) is 3. The van der Waals surface area contributed by atoms with Crippen LogP contribution in [0.25, 0.3) is 0 Å². The second-order valence-electron chi connectivity index (χ2n) is 6.21. The van der Waals surface area contributed by atoms with E-state index in [-0.39, 0.29) is 24.4 Å². The summed E-state index contributed by atoms with van der Waals surface area (Å²) in [6.07, 6.45) is 0. The van der Waals surface area contributed by atoms with Crippen molar-refractivity contribution in [3.05, 3.63) is 59.1 Å². The van der Waals surface area contributed by atoms with Crippen LogP contribution in [0.2, 0.25) is 5.02 Å². The molecule has 8 heteroatoms. The highest BCUT2D eigenvalue weighted by atomic mass is 35.5. The van der Waals surface area contributed by atoms with Crippen LogP contribution in [-0.4, -0.2) is 43.1 Å². The molecule has 1 aliphatic rings. The number of aryl methyl sites for hydroxylation is 1. The summed E-state index contributed by atoms with van der Waals surface area (Å²) in [7, 11) is 0. The molecule has 6 nitrogen and oxygen atoms in total. The SMILES string of the molecule is Cc1ccc(N2CCN(C(=O)NC(N)=Nc3ccc(Cl)cc3)CC2)cc1.Cl. The van der Waals surface area contributed by atoms with Gasteiger partial charge in [-0.3, -0.25) is 5.32 Å². The van der Waals surface area contributed by atoms with Crippen molar-refractivity contribution in [3.63, 3.8) is 0 Å². The lowest BCUT2D eigenvalue weighted by Crippen LogP contribution is -2.53. The summed E-state index contributed by atoms with van der Waals surface area (Å²) >= 11 is 5.84. The van der Waals surface area contributed by atoms with Crippen molar-refractivity contribution >= 4 is 47.4 Å². The molecule has 0 atom stereocenters. The molecule has 0 radical (unpaired) electrons. The van der Waals surface area contributed by atoms with E-state index in [1.165, 1.54) is 11.3 Å². The quantitative estimate of drug-likeness (QED) is 0.590. The highest BCUT2D eigenvalue weighted by Gasteiger charge is 2.21. The topological polar surface area (TPSA) is 74.0 Å². The first kappa shape index (κ1) is 20.9. The number of hydrogen-bond donors (Lipinski definition) is 2. The first-order valence-electron chi connectivity index (χ1n) is 8.48. The Morgan fingerprint density at radius 2 is 1.63 bits per heavy atom. The van der Waals surface area contributed by atoms with E-state index < -0.39 is 0 Å². The Morgan fingerprint density at radius 3 is 2.22 bits per heavy atom. The molecule has 0 aromatic heterocycles. The maximum Gasteiger partial charge on any atom is 0.324 e. The molecule has 2 aromatic rings. The number of rotatable bonds is 2. The average Bonchev–Trinajstić information content (AvgIpc) is 2.64. The molecule has 1 fully saturated rings. The van der Waals surface area contributed by atoms with Gasteiger partial charge in [-0.2, -0.15) is 0 Å². The molecule has 0 bridgehead atoms. The van der Waals surface area contributed by atoms with Gasteiger partial charge >= 0.3 is 6.03 Å². The third kappa shape index (κ3) is 5.77. The lowest BCUT2D eigenvalue weighted by molar-refractivity contribution is 0.199. The fraction of sp³-hybridized carbons (Fsp3) is 0.263. The number of anilines is 1. The minimum Gasteiger partial charge on any atom is -0.369 e. The third-order valence-electron chi connectivity index (χ3n) is 4.28. The van der Waals surface area contributed by atoms with Crippen molar-refractivity contribution in [2.24, 2.45) is 10.7 Å². The van der Waals surface area contributed by atoms with E-state index in [9.17, 15) is 4.79 Å². The largest absolute Gasteiger partial charge is 0.369 e. The van der Waals surface area contributed by atoms with Gasteiger partial charge in [0.2, 0.25) is 5.96 Å². The molecule has 144 valence electrons. The molecule has 0 spiro atoms. The molecule has 3 rings (SSSR count). The van der Waals surface area contributed by atoms with Gasteiger partial charge in [0, 0.05) is 36.9 Å². The number of aliphatic imine (C=N–C) groups is 1. The minimum absolute atomic E-state index is 0. The van der Waals surface area contributed by atoms with E-state index in [4.69, 9.17) is 17.3 Å². The number of nitrogens with zero attached hydrogens (tertiary/aromatic N) is 3. The van der Waals surface area contributed by atoms with Crippen LogP contribution < -0.4 is 16.0 Å². The molecule has 0 aliphatic carbocycles. The Morgan fingerprint density at radius 1 is 1.04 bits per heavy atom. The van der Waals surface area contributed by atoms with Gasteiger partial charge in [-0.1, -0.05) is 29.3 Å². The summed E-state index contributed by atoms with van der Waals surface area (Å²) < 4.78 is 0. The average molecular weight is 408 g/mol. The van der Waals surface area contributed by atoms with Crippen molar-refractivity contribution in [3.8, 4) is 0 Å². The number of carbonyl (C=O) groups is 1. The number of nitrogens with one attached hydrogen (secondary N) is 1. The molecular weight excluding hydrogens is 385 g/mol. The number of benzene rings is 2. The molecule has 1 aliphatic heterocycles. The van der Waals surface area contributed by atoms with E-state index in [1.807, 2.05) is 0 Å². The van der Waals surface area contributed by atoms with Crippen LogP contribution in [0.15, 0.2) is 53.5 Å². The smallest absolute Gasteiger partial charge is 0.324 e. The summed E-state index contributed by atoms with van der Waals surface area (Å²) in [5.74, 6) is 0.0679. The second-order valence-corrected chi connectivity index (χ2v) is 6.65. The summed E-state index contributed by atoms with van der Waals surface area (Å²) in [6.45, 7) is 4.90. The van der Waals surface area contributed by atoms with E-state index in [0.29, 0.717) is 23.8 Å². The van der Waals surface area contributed by atoms with Gasteiger partial charge in [0.1, 0.15) is 0 Å². The van der Waals surface area contributed by atoms with Gasteiger partial charge in [0.15, 0.2) is 0 Å². The van der Waals surface area contributed by atoms with Crippen LogP contribution >= 0.6 is 24.0 Å². The van der Waals surface area contributed by atoms with Crippen LogP contribution in [0.1, 0.15) is 5.56 Å². The Kier molecular flexibility index (Phi) is 7.33. The van der Waals surface area contributed by atoms with E-state index >= 15 is 0 Å². The van der Waals surface area contributed by atoms with E-state index in [0.717, 1.165) is 13.1 Å². The molecule has 1 heterocycles. The zero-order chi connectivity index (χ0) is 18.5. The zero-order valence-corrected chi connectivity index (χ0v) is 16.6. The molecule has 2 amide bonds. The molecule has 0 saturated carbocycles. The third-order valence-corrected chi connectivity index (χ3v) is 4.53. The lowest BCUT2D eigenvalue weighted by Gasteiger charge is -2.36. The molecule has 3 N–H and O–H groups in total. The van der Waals surface area contributed by atoms with Gasteiger partial charge in [-0.15, -0.1) is 12.4 Å². The normalized spacial score (nSPS) is 14.5. The number of piperazine rings is 1. The predicted octanol–water partition coefficient (Wildman–Crippen LogP) is 3.55. The Labute approximate surface area is 170 Å². The predicted molar refractivity (Wildman–Crippen MR) is 113 cm³/mol. The van der Waals surface area contributed by atoms with Gasteiger partial charge in [-0.25, -0.2) is 9.79 Å². The summed E-state index contributed by atoms with van der Waals surface area (Å²) in [5.41, 5.74) is 8.89. The van der Waals surface area contributed by atoms with Crippen molar-refractivity contribution in [1.82, 2.24) is 10.2 Å². The Balaban J connectivity index is 0.00000261. The van der Waals surface area contributed by atoms with E-state index in [2.05, 4.69) is 46.4 Å². The van der Waals surface area contributed by atoms with Crippen LogP contribution in [0, 0.1) is 6.92 Å². The van der Waals surface area contributed by atoms with Crippen LogP contribution in [-0.2, 0) is 0 Å². The number of guanidine groups is 1. The monoisotopic (exact) mass is 407 g/mol. The maximum atomic E-state index is 12.4. The fourth-order valence-corrected chi connectivity index (χ4v) is 2.92. The molecule has 0 unspecified atom stereocenters. The Hall–Kier alpha value is -2.44. The lowest BCUT2D eigenvalue weighted by atomic mass is 10.2. The molecule has 2 aromatic carbocycles. The number of carbonyl (C=O) groups excluding carboxylic acids is 1. The van der Waals surface area contributed by atoms with E-state index in [1.54, 1.807) is 29.2 Å². The van der Waals surface area contributed by atoms with Gasteiger partial charge < -0.3 is 15.5 Å². The number of amides is 2. The maximum absolute atomic E-state index is 12.4. The van der Waals surface area contributed by atoms with Gasteiger partial charge in [0.05, 0.1) is 5.69 Å². The number of nitrogens with two attached hydrogens (primary N) is 1. The highest BCUT2D eigenvalue weighted by molar-refractivity contribution is 6.30. The highest BCUT2D eigenvalue weighted by Crippen LogP contribution is 2.17. The fourth-order valence-electron chi connectivity index (χ4n) is 2.79. The number of urea groups is 1. The summed E-state index contributed by atoms with van der Waals surface area (Å²) in [6, 6.07) is 15.1. The van der Waals surface area contributed by atoms with Gasteiger partial charge in [0.25, 0.3) is 0 Å².